The van der Waals surface area contributed by atoms with Crippen LogP contribution in [0.15, 0.2) is 48.8 Å². The van der Waals surface area contributed by atoms with E-state index in [1.54, 1.807) is 10.6 Å². The summed E-state index contributed by atoms with van der Waals surface area (Å²) in [5.74, 6) is 1.26. The Hall–Kier alpha value is -2.95. The van der Waals surface area contributed by atoms with Crippen LogP contribution in [0.25, 0.3) is 16.7 Å². The number of halogens is 1. The van der Waals surface area contributed by atoms with Crippen molar-refractivity contribution in [2.75, 3.05) is 43.0 Å². The number of sulfonamides is 1. The fraction of sp³-hybridized carbons (Fsp3) is 0.348. The van der Waals surface area contributed by atoms with Crippen molar-refractivity contribution < 1.29 is 8.42 Å². The maximum Gasteiger partial charge on any atom is 0.257 e. The molecule has 6 rings (SSSR count). The van der Waals surface area contributed by atoms with Crippen LogP contribution in [-0.2, 0) is 10.0 Å². The van der Waals surface area contributed by atoms with Gasteiger partial charge in [-0.05, 0) is 49.2 Å². The van der Waals surface area contributed by atoms with Crippen LogP contribution in [0, 0.1) is 0 Å². The summed E-state index contributed by atoms with van der Waals surface area (Å²) in [5.41, 5.74) is 2.91. The minimum absolute atomic E-state index is 0.157. The third-order valence-electron chi connectivity index (χ3n) is 6.64. The second-order valence-electron chi connectivity index (χ2n) is 8.81. The molecule has 2 aromatic heterocycles. The van der Waals surface area contributed by atoms with Gasteiger partial charge in [0.1, 0.15) is 12.1 Å². The van der Waals surface area contributed by atoms with Gasteiger partial charge in [-0.3, -0.25) is 4.40 Å². The monoisotopic (exact) mass is 497 g/mol. The molecule has 0 spiro atoms. The third-order valence-corrected chi connectivity index (χ3v) is 9.27. The summed E-state index contributed by atoms with van der Waals surface area (Å²) in [6.45, 7) is 2.39. The largest absolute Gasteiger partial charge is 0.369 e. The number of rotatable bonds is 5. The molecule has 2 aromatic carbocycles. The van der Waals surface area contributed by atoms with E-state index in [9.17, 15) is 8.42 Å². The maximum absolute atomic E-state index is 12.6. The van der Waals surface area contributed by atoms with Crippen LogP contribution in [0.2, 0.25) is 5.02 Å². The van der Waals surface area contributed by atoms with Crippen LogP contribution < -0.4 is 9.80 Å². The second-order valence-corrected chi connectivity index (χ2v) is 11.5. The molecule has 34 heavy (non-hydrogen) atoms. The molecule has 2 aliphatic rings. The van der Waals surface area contributed by atoms with Crippen LogP contribution in [0.4, 0.5) is 17.2 Å². The molecule has 0 N–H and O–H groups in total. The average Bonchev–Trinajstić information content (AvgIpc) is 3.62. The smallest absolute Gasteiger partial charge is 0.257 e. The van der Waals surface area contributed by atoms with Gasteiger partial charge in [0.05, 0.1) is 10.8 Å². The van der Waals surface area contributed by atoms with Gasteiger partial charge in [-0.15, -0.1) is 10.2 Å². The van der Waals surface area contributed by atoms with Crippen molar-refractivity contribution in [3.05, 3.63) is 53.8 Å². The van der Waals surface area contributed by atoms with Crippen LogP contribution in [-0.4, -0.2) is 70.8 Å². The van der Waals surface area contributed by atoms with Crippen molar-refractivity contribution in [2.24, 2.45) is 0 Å². The minimum Gasteiger partial charge on any atom is -0.369 e. The molecule has 1 aliphatic carbocycles. The molecule has 3 heterocycles. The molecule has 9 nitrogen and oxygen atoms in total. The van der Waals surface area contributed by atoms with Gasteiger partial charge in [-0.1, -0.05) is 17.7 Å². The molecule has 11 heteroatoms. The third kappa shape index (κ3) is 3.66. The van der Waals surface area contributed by atoms with E-state index in [2.05, 4.69) is 27.2 Å². The lowest BCUT2D eigenvalue weighted by Crippen LogP contribution is -2.49. The lowest BCUT2D eigenvalue weighted by molar-refractivity contribution is 0.384. The number of aromatic nitrogens is 4. The van der Waals surface area contributed by atoms with Crippen molar-refractivity contribution >= 4 is 55.5 Å². The zero-order valence-corrected chi connectivity index (χ0v) is 20.2. The topological polar surface area (TPSA) is 86.9 Å². The zero-order chi connectivity index (χ0) is 23.4. The predicted octanol–water partition coefficient (Wildman–Crippen LogP) is 3.31. The van der Waals surface area contributed by atoms with E-state index in [4.69, 9.17) is 16.6 Å². The molecule has 0 atom stereocenters. The van der Waals surface area contributed by atoms with Gasteiger partial charge in [0.2, 0.25) is 10.0 Å². The summed E-state index contributed by atoms with van der Waals surface area (Å²) in [7, 11) is -1.15. The number of hydrogen-bond acceptors (Lipinski definition) is 7. The standard InChI is InChI=1S/C23H24ClN7O2S/c1-28(22-20-8-5-16(24)13-21(20)31-15-25-27-23(31)26-22)17-3-2-4-18(14-17)29-9-11-30(12-10-29)34(32,33)19-6-7-19/h2-5,8,13-15,19H,6-7,9-12H2,1H3. The van der Waals surface area contributed by atoms with Crippen molar-refractivity contribution in [2.45, 2.75) is 18.1 Å². The fourth-order valence-corrected chi connectivity index (χ4v) is 6.57. The first-order chi connectivity index (χ1) is 16.4. The van der Waals surface area contributed by atoms with Gasteiger partial charge in [-0.2, -0.15) is 9.29 Å². The molecule has 4 aromatic rings. The van der Waals surface area contributed by atoms with Gasteiger partial charge in [0.25, 0.3) is 5.78 Å². The first kappa shape index (κ1) is 21.6. The lowest BCUT2D eigenvalue weighted by atomic mass is 10.2. The van der Waals surface area contributed by atoms with Crippen molar-refractivity contribution in [1.29, 1.82) is 0 Å². The maximum atomic E-state index is 12.6. The van der Waals surface area contributed by atoms with Crippen molar-refractivity contribution in [1.82, 2.24) is 23.9 Å². The highest BCUT2D eigenvalue weighted by Crippen LogP contribution is 2.34. The molecule has 0 unspecified atom stereocenters. The Morgan fingerprint density at radius 1 is 1.06 bits per heavy atom. The highest BCUT2D eigenvalue weighted by atomic mass is 35.5. The molecular formula is C23H24ClN7O2S. The van der Waals surface area contributed by atoms with Gasteiger partial charge < -0.3 is 9.80 Å². The Balaban J connectivity index is 1.29. The summed E-state index contributed by atoms with van der Waals surface area (Å²) in [6.07, 6.45) is 3.23. The molecule has 1 saturated heterocycles. The number of nitrogens with zero attached hydrogens (tertiary/aromatic N) is 7. The summed E-state index contributed by atoms with van der Waals surface area (Å²) >= 11 is 6.27. The van der Waals surface area contributed by atoms with E-state index in [1.807, 2.05) is 46.7 Å². The SMILES string of the molecule is CN(c1cccc(N2CCN(S(=O)(=O)C3CC3)CC2)c1)c1nc2nncn2c2cc(Cl)ccc12. The van der Waals surface area contributed by atoms with Crippen LogP contribution in [0.3, 0.4) is 0 Å². The van der Waals surface area contributed by atoms with Crippen molar-refractivity contribution in [3.63, 3.8) is 0 Å². The first-order valence-electron chi connectivity index (χ1n) is 11.3. The number of piperazine rings is 1. The molecule has 0 amide bonds. The van der Waals surface area contributed by atoms with E-state index in [1.165, 1.54) is 0 Å². The van der Waals surface area contributed by atoms with Gasteiger partial charge in [0.15, 0.2) is 0 Å². The number of benzene rings is 2. The van der Waals surface area contributed by atoms with E-state index < -0.39 is 10.0 Å². The first-order valence-corrected chi connectivity index (χ1v) is 13.2. The Labute approximate surface area is 202 Å². The summed E-state index contributed by atoms with van der Waals surface area (Å²) in [4.78, 5) is 9.03. The molecule has 0 bridgehead atoms. The Morgan fingerprint density at radius 2 is 1.85 bits per heavy atom. The molecule has 1 aliphatic heterocycles. The number of fused-ring (bicyclic) bond motifs is 3. The van der Waals surface area contributed by atoms with Crippen LogP contribution >= 0.6 is 11.6 Å². The van der Waals surface area contributed by atoms with Gasteiger partial charge in [-0.25, -0.2) is 8.42 Å². The zero-order valence-electron chi connectivity index (χ0n) is 18.7. The van der Waals surface area contributed by atoms with Gasteiger partial charge >= 0.3 is 0 Å². The molecule has 1 saturated carbocycles. The van der Waals surface area contributed by atoms with E-state index in [0.717, 1.165) is 40.9 Å². The average molecular weight is 498 g/mol. The predicted molar refractivity (Wildman–Crippen MR) is 134 cm³/mol. The minimum atomic E-state index is -3.12. The normalized spacial score (nSPS) is 17.5. The molecule has 176 valence electrons. The van der Waals surface area contributed by atoms with Crippen LogP contribution in [0.1, 0.15) is 12.8 Å². The second kappa shape index (κ2) is 8.07. The summed E-state index contributed by atoms with van der Waals surface area (Å²) in [6, 6.07) is 13.9. The fourth-order valence-electron chi connectivity index (χ4n) is 4.58. The number of hydrogen-bond donors (Lipinski definition) is 0. The number of anilines is 3. The van der Waals surface area contributed by atoms with E-state index >= 15 is 0 Å². The molecule has 0 radical (unpaired) electrons. The van der Waals surface area contributed by atoms with E-state index in [0.29, 0.717) is 37.0 Å². The Kier molecular flexibility index (Phi) is 5.12. The molecular weight excluding hydrogens is 474 g/mol. The lowest BCUT2D eigenvalue weighted by Gasteiger charge is -2.36. The van der Waals surface area contributed by atoms with Crippen LogP contribution in [0.5, 0.6) is 0 Å². The molecule has 2 fully saturated rings. The van der Waals surface area contributed by atoms with E-state index in [-0.39, 0.29) is 5.25 Å². The highest BCUT2D eigenvalue weighted by Gasteiger charge is 2.41. The highest BCUT2D eigenvalue weighted by molar-refractivity contribution is 7.90. The quantitative estimate of drug-likeness (QED) is 0.418. The summed E-state index contributed by atoms with van der Waals surface area (Å²) < 4.78 is 28.6. The Bertz CT molecular complexity index is 1490. The Morgan fingerprint density at radius 3 is 2.62 bits per heavy atom. The van der Waals surface area contributed by atoms with Crippen molar-refractivity contribution in [3.8, 4) is 0 Å². The van der Waals surface area contributed by atoms with Gasteiger partial charge in [0, 0.05) is 55.0 Å². The summed E-state index contributed by atoms with van der Waals surface area (Å²) in [5, 5.41) is 9.55.